The molecule has 20 heavy (non-hydrogen) atoms. The van der Waals surface area contributed by atoms with Crippen molar-refractivity contribution in [1.29, 1.82) is 0 Å². The zero-order chi connectivity index (χ0) is 13.6. The van der Waals surface area contributed by atoms with E-state index in [4.69, 9.17) is 4.74 Å². The Morgan fingerprint density at radius 2 is 2.10 bits per heavy atom. The molecule has 0 N–H and O–H groups in total. The second-order valence-corrected chi connectivity index (χ2v) is 4.84. The van der Waals surface area contributed by atoms with Gasteiger partial charge in [-0.3, -0.25) is 0 Å². The number of ether oxygens (including phenoxy) is 1. The molecule has 1 saturated heterocycles. The van der Waals surface area contributed by atoms with Crippen LogP contribution in [0.2, 0.25) is 0 Å². The summed E-state index contributed by atoms with van der Waals surface area (Å²) in [5, 5.41) is 0. The van der Waals surface area contributed by atoms with E-state index in [2.05, 4.69) is 24.8 Å². The first-order valence-electron chi connectivity index (χ1n) is 6.76. The third-order valence-electron chi connectivity index (χ3n) is 3.31. The molecular formula is C14H17N5O. The highest BCUT2D eigenvalue weighted by molar-refractivity contribution is 5.28. The SMILES string of the molecule is c1cnc(N2CCOC[C@H](Cc3ccncn3)C2)nc1. The summed E-state index contributed by atoms with van der Waals surface area (Å²) in [5.74, 6) is 1.15. The maximum Gasteiger partial charge on any atom is 0.225 e. The van der Waals surface area contributed by atoms with Crippen LogP contribution < -0.4 is 4.90 Å². The number of hydrogen-bond acceptors (Lipinski definition) is 6. The lowest BCUT2D eigenvalue weighted by Gasteiger charge is -2.23. The Bertz CT molecular complexity index is 522. The van der Waals surface area contributed by atoms with Crippen molar-refractivity contribution in [1.82, 2.24) is 19.9 Å². The molecule has 2 aromatic rings. The van der Waals surface area contributed by atoms with E-state index in [-0.39, 0.29) is 0 Å². The predicted octanol–water partition coefficient (Wildman–Crippen LogP) is 0.962. The Hall–Kier alpha value is -2.08. The Balaban J connectivity index is 1.69. The summed E-state index contributed by atoms with van der Waals surface area (Å²) in [6.45, 7) is 3.16. The molecule has 0 aromatic carbocycles. The first kappa shape index (κ1) is 12.9. The number of hydrogen-bond donors (Lipinski definition) is 0. The van der Waals surface area contributed by atoms with Crippen LogP contribution in [0.5, 0.6) is 0 Å². The molecule has 6 nitrogen and oxygen atoms in total. The van der Waals surface area contributed by atoms with Gasteiger partial charge in [0.25, 0.3) is 0 Å². The molecule has 0 saturated carbocycles. The van der Waals surface area contributed by atoms with Crippen molar-refractivity contribution in [3.05, 3.63) is 42.7 Å². The van der Waals surface area contributed by atoms with Gasteiger partial charge in [-0.25, -0.2) is 19.9 Å². The van der Waals surface area contributed by atoms with Crippen LogP contribution in [0.15, 0.2) is 37.1 Å². The normalized spacial score (nSPS) is 19.6. The minimum Gasteiger partial charge on any atom is -0.379 e. The fraction of sp³-hybridized carbons (Fsp3) is 0.429. The lowest BCUT2D eigenvalue weighted by molar-refractivity contribution is 0.123. The van der Waals surface area contributed by atoms with Gasteiger partial charge >= 0.3 is 0 Å². The maximum absolute atomic E-state index is 5.69. The summed E-state index contributed by atoms with van der Waals surface area (Å²) in [4.78, 5) is 19.0. The summed E-state index contributed by atoms with van der Waals surface area (Å²) in [7, 11) is 0. The third-order valence-corrected chi connectivity index (χ3v) is 3.31. The highest BCUT2D eigenvalue weighted by atomic mass is 16.5. The van der Waals surface area contributed by atoms with E-state index in [1.165, 1.54) is 0 Å². The van der Waals surface area contributed by atoms with Crippen molar-refractivity contribution in [2.75, 3.05) is 31.2 Å². The molecule has 104 valence electrons. The van der Waals surface area contributed by atoms with E-state index in [1.54, 1.807) is 24.9 Å². The highest BCUT2D eigenvalue weighted by Crippen LogP contribution is 2.15. The van der Waals surface area contributed by atoms with Crippen LogP contribution in [0.25, 0.3) is 0 Å². The van der Waals surface area contributed by atoms with Gasteiger partial charge in [0.2, 0.25) is 5.95 Å². The topological polar surface area (TPSA) is 64.0 Å². The number of aromatic nitrogens is 4. The summed E-state index contributed by atoms with van der Waals surface area (Å²) in [6, 6.07) is 3.78. The van der Waals surface area contributed by atoms with Gasteiger partial charge in [-0.15, -0.1) is 0 Å². The third kappa shape index (κ3) is 3.27. The van der Waals surface area contributed by atoms with Crippen molar-refractivity contribution in [3.63, 3.8) is 0 Å². The van der Waals surface area contributed by atoms with Crippen molar-refractivity contribution in [2.45, 2.75) is 6.42 Å². The van der Waals surface area contributed by atoms with Crippen LogP contribution in [0.1, 0.15) is 5.69 Å². The van der Waals surface area contributed by atoms with Gasteiger partial charge < -0.3 is 9.64 Å². The van der Waals surface area contributed by atoms with Crippen molar-refractivity contribution in [2.24, 2.45) is 5.92 Å². The fourth-order valence-corrected chi connectivity index (χ4v) is 2.37. The Morgan fingerprint density at radius 1 is 1.20 bits per heavy atom. The largest absolute Gasteiger partial charge is 0.379 e. The van der Waals surface area contributed by atoms with Crippen LogP contribution in [0, 0.1) is 5.92 Å². The highest BCUT2D eigenvalue weighted by Gasteiger charge is 2.21. The molecule has 0 spiro atoms. The van der Waals surface area contributed by atoms with Gasteiger partial charge in [-0.2, -0.15) is 0 Å². The fourth-order valence-electron chi connectivity index (χ4n) is 2.37. The van der Waals surface area contributed by atoms with Crippen LogP contribution in [-0.4, -0.2) is 46.2 Å². The lowest BCUT2D eigenvalue weighted by atomic mass is 10.0. The molecular weight excluding hydrogens is 254 g/mol. The molecule has 0 unspecified atom stereocenters. The van der Waals surface area contributed by atoms with Gasteiger partial charge in [0.05, 0.1) is 13.2 Å². The molecule has 1 fully saturated rings. The van der Waals surface area contributed by atoms with Crippen LogP contribution in [0.3, 0.4) is 0 Å². The quantitative estimate of drug-likeness (QED) is 0.828. The molecule has 0 radical (unpaired) electrons. The van der Waals surface area contributed by atoms with Gasteiger partial charge in [-0.1, -0.05) is 0 Å². The molecule has 3 rings (SSSR count). The van der Waals surface area contributed by atoms with Gasteiger partial charge in [-0.05, 0) is 18.6 Å². The molecule has 6 heteroatoms. The molecule has 1 atom stereocenters. The first-order chi connectivity index (χ1) is 9.92. The number of anilines is 1. The summed E-state index contributed by atoms with van der Waals surface area (Å²) in [5.41, 5.74) is 1.05. The molecule has 0 aliphatic carbocycles. The molecule has 2 aromatic heterocycles. The maximum atomic E-state index is 5.69. The molecule has 1 aliphatic rings. The van der Waals surface area contributed by atoms with Crippen molar-refractivity contribution in [3.8, 4) is 0 Å². The van der Waals surface area contributed by atoms with Crippen LogP contribution in [-0.2, 0) is 11.2 Å². The average Bonchev–Trinajstić information content (AvgIpc) is 2.75. The van der Waals surface area contributed by atoms with Crippen LogP contribution >= 0.6 is 0 Å². The molecule has 0 bridgehead atoms. The Kier molecular flexibility index (Phi) is 4.13. The van der Waals surface area contributed by atoms with Crippen molar-refractivity contribution < 1.29 is 4.74 Å². The van der Waals surface area contributed by atoms with Gasteiger partial charge in [0.15, 0.2) is 0 Å². The molecule has 0 amide bonds. The zero-order valence-corrected chi connectivity index (χ0v) is 11.2. The predicted molar refractivity (Wildman–Crippen MR) is 74.3 cm³/mol. The lowest BCUT2D eigenvalue weighted by Crippen LogP contribution is -2.32. The zero-order valence-electron chi connectivity index (χ0n) is 11.2. The average molecular weight is 271 g/mol. The number of nitrogens with zero attached hydrogens (tertiary/aromatic N) is 5. The summed E-state index contributed by atoms with van der Waals surface area (Å²) < 4.78 is 5.69. The molecule has 1 aliphatic heterocycles. The number of rotatable bonds is 3. The van der Waals surface area contributed by atoms with E-state index in [0.29, 0.717) is 12.5 Å². The summed E-state index contributed by atoms with van der Waals surface area (Å²) in [6.07, 6.45) is 7.79. The van der Waals surface area contributed by atoms with E-state index < -0.39 is 0 Å². The first-order valence-corrected chi connectivity index (χ1v) is 6.76. The Morgan fingerprint density at radius 3 is 2.90 bits per heavy atom. The monoisotopic (exact) mass is 271 g/mol. The second kappa shape index (κ2) is 6.38. The minimum absolute atomic E-state index is 0.385. The molecule has 3 heterocycles. The standard InChI is InChI=1S/C14H17N5O/c1-3-16-14(17-4-1)19-6-7-20-10-12(9-19)8-13-2-5-15-11-18-13/h1-5,11-12H,6-10H2/t12-/m1/s1. The second-order valence-electron chi connectivity index (χ2n) is 4.84. The van der Waals surface area contributed by atoms with E-state index in [9.17, 15) is 0 Å². The van der Waals surface area contributed by atoms with Gasteiger partial charge in [0.1, 0.15) is 6.33 Å². The van der Waals surface area contributed by atoms with Crippen LogP contribution in [0.4, 0.5) is 5.95 Å². The van der Waals surface area contributed by atoms with E-state index >= 15 is 0 Å². The minimum atomic E-state index is 0.385. The van der Waals surface area contributed by atoms with E-state index in [0.717, 1.165) is 37.8 Å². The van der Waals surface area contributed by atoms with Crippen molar-refractivity contribution >= 4 is 5.95 Å². The smallest absolute Gasteiger partial charge is 0.225 e. The van der Waals surface area contributed by atoms with Gasteiger partial charge in [0, 0.05) is 43.3 Å². The summed E-state index contributed by atoms with van der Waals surface area (Å²) >= 11 is 0. The van der Waals surface area contributed by atoms with E-state index in [1.807, 2.05) is 12.1 Å². The Labute approximate surface area is 117 Å².